The third-order valence-corrected chi connectivity index (χ3v) is 5.22. The third kappa shape index (κ3) is 4.67. The van der Waals surface area contributed by atoms with Crippen LogP contribution in [0.15, 0.2) is 72.3 Å². The van der Waals surface area contributed by atoms with Gasteiger partial charge < -0.3 is 10.0 Å². The molecule has 1 saturated heterocycles. The lowest BCUT2D eigenvalue weighted by Crippen LogP contribution is -2.57. The van der Waals surface area contributed by atoms with Crippen molar-refractivity contribution in [3.05, 3.63) is 83.4 Å². The Morgan fingerprint density at radius 2 is 1.67 bits per heavy atom. The number of benzene rings is 2. The van der Waals surface area contributed by atoms with Gasteiger partial charge in [-0.1, -0.05) is 92.9 Å². The molecule has 0 bridgehead atoms. The van der Waals surface area contributed by atoms with Crippen molar-refractivity contribution in [2.45, 2.75) is 57.7 Å². The molecule has 0 aliphatic carbocycles. The van der Waals surface area contributed by atoms with Crippen molar-refractivity contribution in [3.63, 3.8) is 0 Å². The van der Waals surface area contributed by atoms with Gasteiger partial charge in [-0.15, -0.1) is 0 Å². The summed E-state index contributed by atoms with van der Waals surface area (Å²) in [5.74, 6) is 0.0503. The van der Waals surface area contributed by atoms with E-state index in [0.717, 1.165) is 29.5 Å². The summed E-state index contributed by atoms with van der Waals surface area (Å²) >= 11 is 0. The van der Waals surface area contributed by atoms with Crippen LogP contribution in [0.25, 0.3) is 0 Å². The van der Waals surface area contributed by atoms with Gasteiger partial charge in [-0.05, 0) is 24.0 Å². The molecule has 3 nitrogen and oxygen atoms in total. The molecule has 1 aliphatic heterocycles. The van der Waals surface area contributed by atoms with Gasteiger partial charge in [-0.2, -0.15) is 0 Å². The zero-order chi connectivity index (χ0) is 19.1. The zero-order valence-corrected chi connectivity index (χ0v) is 16.1. The summed E-state index contributed by atoms with van der Waals surface area (Å²) in [5, 5.41) is 11.0. The van der Waals surface area contributed by atoms with E-state index in [-0.39, 0.29) is 11.9 Å². The van der Waals surface area contributed by atoms with Crippen LogP contribution in [0.4, 0.5) is 0 Å². The number of unbranched alkanes of at least 4 members (excludes halogenated alkanes) is 4. The minimum Gasteiger partial charge on any atom is -0.386 e. The van der Waals surface area contributed by atoms with E-state index in [0.29, 0.717) is 6.54 Å². The average Bonchev–Trinajstić information content (AvgIpc) is 2.72. The number of aliphatic hydroxyl groups is 1. The Balaban J connectivity index is 1.76. The first kappa shape index (κ1) is 19.4. The number of carbonyl (C=O) groups is 1. The maximum absolute atomic E-state index is 12.8. The second kappa shape index (κ2) is 9.52. The molecule has 0 aromatic heterocycles. The Bertz CT molecular complexity index is 754. The Morgan fingerprint density at radius 1 is 1.00 bits per heavy atom. The van der Waals surface area contributed by atoms with E-state index in [1.165, 1.54) is 19.3 Å². The molecular weight excluding hydrogens is 334 g/mol. The Kier molecular flexibility index (Phi) is 6.83. The Labute approximate surface area is 162 Å². The van der Waals surface area contributed by atoms with Gasteiger partial charge in [-0.3, -0.25) is 4.79 Å². The smallest absolute Gasteiger partial charge is 0.252 e. The van der Waals surface area contributed by atoms with Gasteiger partial charge in [0.05, 0.1) is 6.04 Å². The van der Waals surface area contributed by atoms with E-state index in [1.54, 1.807) is 4.90 Å². The van der Waals surface area contributed by atoms with Crippen LogP contribution in [0, 0.1) is 0 Å². The first-order valence-corrected chi connectivity index (χ1v) is 10.00. The van der Waals surface area contributed by atoms with E-state index in [2.05, 4.69) is 13.0 Å². The predicted molar refractivity (Wildman–Crippen MR) is 109 cm³/mol. The summed E-state index contributed by atoms with van der Waals surface area (Å²) in [7, 11) is 0. The first-order valence-electron chi connectivity index (χ1n) is 10.00. The molecule has 1 fully saturated rings. The van der Waals surface area contributed by atoms with E-state index in [4.69, 9.17) is 0 Å². The molecule has 2 aromatic carbocycles. The van der Waals surface area contributed by atoms with Gasteiger partial charge in [0, 0.05) is 12.1 Å². The Hall–Kier alpha value is -2.39. The monoisotopic (exact) mass is 363 g/mol. The number of hydrogen-bond donors (Lipinski definition) is 1. The topological polar surface area (TPSA) is 40.5 Å². The molecule has 0 saturated carbocycles. The molecule has 27 heavy (non-hydrogen) atoms. The van der Waals surface area contributed by atoms with Crippen LogP contribution < -0.4 is 0 Å². The number of amides is 1. The summed E-state index contributed by atoms with van der Waals surface area (Å²) in [4.78, 5) is 14.6. The molecule has 1 N–H and O–H groups in total. The summed E-state index contributed by atoms with van der Waals surface area (Å²) < 4.78 is 0. The van der Waals surface area contributed by atoms with Crippen LogP contribution in [0.3, 0.4) is 0 Å². The second-order valence-corrected chi connectivity index (χ2v) is 7.23. The number of likely N-dealkylation sites (tertiary alicyclic amines) is 1. The summed E-state index contributed by atoms with van der Waals surface area (Å²) in [5.41, 5.74) is 2.70. The average molecular weight is 364 g/mol. The molecule has 1 amide bonds. The van der Waals surface area contributed by atoms with E-state index < -0.39 is 6.10 Å². The molecule has 2 atom stereocenters. The van der Waals surface area contributed by atoms with Crippen molar-refractivity contribution in [1.29, 1.82) is 0 Å². The van der Waals surface area contributed by atoms with Crippen LogP contribution >= 0.6 is 0 Å². The number of allylic oxidation sites excluding steroid dienone is 1. The van der Waals surface area contributed by atoms with Crippen molar-refractivity contribution in [3.8, 4) is 0 Å². The molecular formula is C24H29NO2. The fourth-order valence-corrected chi connectivity index (χ4v) is 3.68. The Morgan fingerprint density at radius 3 is 2.33 bits per heavy atom. The van der Waals surface area contributed by atoms with Crippen molar-refractivity contribution in [2.75, 3.05) is 0 Å². The maximum atomic E-state index is 12.8. The lowest BCUT2D eigenvalue weighted by Gasteiger charge is -2.45. The van der Waals surface area contributed by atoms with Gasteiger partial charge in [0.25, 0.3) is 5.91 Å². The fourth-order valence-electron chi connectivity index (χ4n) is 3.68. The van der Waals surface area contributed by atoms with Gasteiger partial charge in [0.1, 0.15) is 6.10 Å². The number of β-lactam (4-membered cyclic amide) rings is 1. The van der Waals surface area contributed by atoms with Gasteiger partial charge in [-0.25, -0.2) is 0 Å². The molecule has 2 aromatic rings. The minimum atomic E-state index is -0.700. The van der Waals surface area contributed by atoms with Crippen LogP contribution in [0.5, 0.6) is 0 Å². The second-order valence-electron chi connectivity index (χ2n) is 7.23. The highest BCUT2D eigenvalue weighted by atomic mass is 16.3. The van der Waals surface area contributed by atoms with Gasteiger partial charge in [0.15, 0.2) is 0 Å². The van der Waals surface area contributed by atoms with Crippen LogP contribution in [-0.2, 0) is 11.3 Å². The number of aliphatic hydroxyl groups excluding tert-OH is 1. The molecule has 1 aliphatic rings. The highest BCUT2D eigenvalue weighted by Crippen LogP contribution is 2.37. The van der Waals surface area contributed by atoms with Crippen LogP contribution in [0.1, 0.15) is 56.3 Å². The highest BCUT2D eigenvalue weighted by Gasteiger charge is 2.46. The molecule has 0 spiro atoms. The molecule has 2 unspecified atom stereocenters. The van der Waals surface area contributed by atoms with Crippen LogP contribution in [0.2, 0.25) is 0 Å². The normalized spacial score (nSPS) is 19.2. The van der Waals surface area contributed by atoms with Gasteiger partial charge >= 0.3 is 0 Å². The SMILES string of the molecule is CCCCCC/C=C1/C(=O)N(Cc2ccccc2)C1C(O)c1ccccc1. The molecule has 1 heterocycles. The van der Waals surface area contributed by atoms with E-state index in [1.807, 2.05) is 60.7 Å². The lowest BCUT2D eigenvalue weighted by atomic mass is 9.85. The van der Waals surface area contributed by atoms with Crippen molar-refractivity contribution < 1.29 is 9.90 Å². The summed E-state index contributed by atoms with van der Waals surface area (Å²) in [6.45, 7) is 2.73. The quantitative estimate of drug-likeness (QED) is 0.386. The van der Waals surface area contributed by atoms with Crippen molar-refractivity contribution in [2.24, 2.45) is 0 Å². The van der Waals surface area contributed by atoms with Gasteiger partial charge in [0.2, 0.25) is 0 Å². The molecule has 3 heteroatoms. The van der Waals surface area contributed by atoms with E-state index in [9.17, 15) is 9.90 Å². The summed E-state index contributed by atoms with van der Waals surface area (Å²) in [6, 6.07) is 19.3. The molecule has 3 rings (SSSR count). The van der Waals surface area contributed by atoms with Crippen LogP contribution in [-0.4, -0.2) is 22.0 Å². The first-order chi connectivity index (χ1) is 13.2. The standard InChI is InChI=1S/C24H29NO2/c1-2-3-4-5-12-17-21-22(23(26)20-15-10-7-11-16-20)25(24(21)27)18-19-13-8-6-9-14-19/h6-11,13-17,22-23,26H,2-5,12,18H2,1H3/b21-17+. The maximum Gasteiger partial charge on any atom is 0.252 e. The minimum absolute atomic E-state index is 0.0503. The van der Waals surface area contributed by atoms with E-state index >= 15 is 0 Å². The number of rotatable bonds is 9. The predicted octanol–water partition coefficient (Wildman–Crippen LogP) is 5.03. The largest absolute Gasteiger partial charge is 0.386 e. The zero-order valence-electron chi connectivity index (χ0n) is 16.1. The van der Waals surface area contributed by atoms with Crippen molar-refractivity contribution >= 4 is 5.91 Å². The third-order valence-electron chi connectivity index (χ3n) is 5.22. The fraction of sp³-hybridized carbons (Fsp3) is 0.375. The molecule has 142 valence electrons. The number of nitrogens with zero attached hydrogens (tertiary/aromatic N) is 1. The summed E-state index contributed by atoms with van der Waals surface area (Å²) in [6.07, 6.45) is 6.97. The number of hydrogen-bond acceptors (Lipinski definition) is 2. The lowest BCUT2D eigenvalue weighted by molar-refractivity contribution is -0.142. The molecule has 0 radical (unpaired) electrons. The van der Waals surface area contributed by atoms with Crippen molar-refractivity contribution in [1.82, 2.24) is 4.90 Å². The number of carbonyl (C=O) groups excluding carboxylic acids is 1. The highest BCUT2D eigenvalue weighted by molar-refractivity contribution is 6.02.